The van der Waals surface area contributed by atoms with Gasteiger partial charge in [-0.2, -0.15) is 0 Å². The number of nitro groups is 1. The van der Waals surface area contributed by atoms with E-state index in [0.29, 0.717) is 19.6 Å². The number of rotatable bonds is 9. The number of hydrogen-bond acceptors (Lipinski definition) is 5. The van der Waals surface area contributed by atoms with E-state index < -0.39 is 4.92 Å². The zero-order valence-corrected chi connectivity index (χ0v) is 15.9. The molecular weight excluding hydrogens is 374 g/mol. The van der Waals surface area contributed by atoms with Gasteiger partial charge in [0.15, 0.2) is 0 Å². The lowest BCUT2D eigenvalue weighted by molar-refractivity contribution is -0.384. The van der Waals surface area contributed by atoms with Gasteiger partial charge in [-0.05, 0) is 24.1 Å². The van der Waals surface area contributed by atoms with Gasteiger partial charge in [-0.3, -0.25) is 14.9 Å². The van der Waals surface area contributed by atoms with Crippen LogP contribution in [-0.4, -0.2) is 41.1 Å². The minimum absolute atomic E-state index is 0. The average Bonchev–Trinajstić information content (AvgIpc) is 2.64. The number of carbonyl (C=O) groups is 1. The van der Waals surface area contributed by atoms with Gasteiger partial charge in [-0.15, -0.1) is 24.2 Å². The first-order chi connectivity index (χ1) is 12.1. The van der Waals surface area contributed by atoms with Crippen LogP contribution in [0.3, 0.4) is 0 Å². The molecule has 0 spiro atoms. The number of non-ortho nitro benzene ring substituents is 1. The van der Waals surface area contributed by atoms with Crippen molar-refractivity contribution in [2.45, 2.75) is 11.3 Å². The van der Waals surface area contributed by atoms with Crippen molar-refractivity contribution in [1.29, 1.82) is 0 Å². The van der Waals surface area contributed by atoms with Gasteiger partial charge in [0.1, 0.15) is 0 Å². The Morgan fingerprint density at radius 1 is 1.08 bits per heavy atom. The van der Waals surface area contributed by atoms with Crippen molar-refractivity contribution >= 4 is 35.8 Å². The molecule has 8 heteroatoms. The fraction of sp³-hybridized carbons (Fsp3) is 0.278. The van der Waals surface area contributed by atoms with Crippen molar-refractivity contribution in [3.05, 3.63) is 70.3 Å². The Labute approximate surface area is 163 Å². The van der Waals surface area contributed by atoms with E-state index in [9.17, 15) is 14.9 Å². The van der Waals surface area contributed by atoms with Gasteiger partial charge in [0.25, 0.3) is 5.69 Å². The van der Waals surface area contributed by atoms with Gasteiger partial charge in [0.2, 0.25) is 5.91 Å². The Balaban J connectivity index is 0.00000338. The van der Waals surface area contributed by atoms with E-state index in [0.717, 1.165) is 11.3 Å². The van der Waals surface area contributed by atoms with Crippen LogP contribution < -0.4 is 5.73 Å². The van der Waals surface area contributed by atoms with Crippen LogP contribution in [0.15, 0.2) is 59.5 Å². The van der Waals surface area contributed by atoms with Crippen molar-refractivity contribution < 1.29 is 9.72 Å². The number of hydrogen-bond donors (Lipinski definition) is 1. The van der Waals surface area contributed by atoms with Crippen molar-refractivity contribution in [2.75, 3.05) is 25.4 Å². The molecule has 0 saturated heterocycles. The third-order valence-electron chi connectivity index (χ3n) is 3.67. The Morgan fingerprint density at radius 3 is 2.31 bits per heavy atom. The van der Waals surface area contributed by atoms with E-state index in [1.807, 2.05) is 30.3 Å². The van der Waals surface area contributed by atoms with E-state index in [1.165, 1.54) is 29.5 Å². The summed E-state index contributed by atoms with van der Waals surface area (Å²) in [6.07, 6.45) is 0.786. The topological polar surface area (TPSA) is 89.5 Å². The molecule has 0 radical (unpaired) electrons. The number of nitrogens with zero attached hydrogens (tertiary/aromatic N) is 2. The Bertz CT molecular complexity index is 699. The number of halogens is 1. The second kappa shape index (κ2) is 11.5. The van der Waals surface area contributed by atoms with Gasteiger partial charge < -0.3 is 10.6 Å². The van der Waals surface area contributed by atoms with Crippen molar-refractivity contribution in [2.24, 2.45) is 5.73 Å². The molecule has 1 amide bonds. The summed E-state index contributed by atoms with van der Waals surface area (Å²) in [6, 6.07) is 16.2. The summed E-state index contributed by atoms with van der Waals surface area (Å²) in [5, 5.41) is 10.7. The molecule has 0 heterocycles. The normalized spacial score (nSPS) is 10.0. The predicted molar refractivity (Wildman–Crippen MR) is 107 cm³/mol. The minimum atomic E-state index is -0.438. The molecule has 140 valence electrons. The molecule has 2 aromatic rings. The van der Waals surface area contributed by atoms with E-state index in [1.54, 1.807) is 17.0 Å². The quantitative estimate of drug-likeness (QED) is 0.400. The second-order valence-electron chi connectivity index (χ2n) is 5.44. The Morgan fingerprint density at radius 2 is 1.73 bits per heavy atom. The molecule has 0 aliphatic heterocycles. The van der Waals surface area contributed by atoms with Crippen molar-refractivity contribution in [3.63, 3.8) is 0 Å². The second-order valence-corrected chi connectivity index (χ2v) is 6.49. The smallest absolute Gasteiger partial charge is 0.269 e. The number of amides is 1. The fourth-order valence-electron chi connectivity index (χ4n) is 2.33. The summed E-state index contributed by atoms with van der Waals surface area (Å²) >= 11 is 1.37. The summed E-state index contributed by atoms with van der Waals surface area (Å²) < 4.78 is 0. The third-order valence-corrected chi connectivity index (χ3v) is 4.67. The number of nitrogens with two attached hydrogens (primary N) is 1. The molecule has 26 heavy (non-hydrogen) atoms. The highest BCUT2D eigenvalue weighted by atomic mass is 35.5. The number of benzene rings is 2. The molecule has 0 saturated carbocycles. The first-order valence-corrected chi connectivity index (χ1v) is 8.97. The van der Waals surface area contributed by atoms with Crippen LogP contribution in [0.1, 0.15) is 5.56 Å². The third kappa shape index (κ3) is 7.03. The molecular formula is C18H22ClN3O3S. The molecule has 0 aliphatic rings. The lowest BCUT2D eigenvalue weighted by Crippen LogP contribution is -2.38. The van der Waals surface area contributed by atoms with Gasteiger partial charge in [0, 0.05) is 36.7 Å². The largest absolute Gasteiger partial charge is 0.340 e. The van der Waals surface area contributed by atoms with Crippen LogP contribution in [-0.2, 0) is 11.2 Å². The minimum Gasteiger partial charge on any atom is -0.340 e. The monoisotopic (exact) mass is 395 g/mol. The van der Waals surface area contributed by atoms with Crippen molar-refractivity contribution in [1.82, 2.24) is 4.90 Å². The summed E-state index contributed by atoms with van der Waals surface area (Å²) in [6.45, 7) is 1.57. The summed E-state index contributed by atoms with van der Waals surface area (Å²) in [5.41, 5.74) is 6.85. The molecule has 0 atom stereocenters. The first kappa shape index (κ1) is 22.0. The molecule has 6 nitrogen and oxygen atoms in total. The first-order valence-electron chi connectivity index (χ1n) is 7.99. The van der Waals surface area contributed by atoms with E-state index in [-0.39, 0.29) is 29.8 Å². The van der Waals surface area contributed by atoms with Crippen LogP contribution >= 0.6 is 24.2 Å². The maximum Gasteiger partial charge on any atom is 0.269 e. The SMILES string of the molecule is Cl.NCCN(CCc1ccccc1)C(=O)CSc1ccc([N+](=O)[O-])cc1. The highest BCUT2D eigenvalue weighted by molar-refractivity contribution is 8.00. The van der Waals surface area contributed by atoms with E-state index >= 15 is 0 Å². The summed E-state index contributed by atoms with van der Waals surface area (Å²) in [7, 11) is 0. The molecule has 0 aromatic heterocycles. The molecule has 0 aliphatic carbocycles. The van der Waals surface area contributed by atoms with Gasteiger partial charge >= 0.3 is 0 Å². The zero-order valence-electron chi connectivity index (χ0n) is 14.2. The van der Waals surface area contributed by atoms with Crippen LogP contribution in [0.25, 0.3) is 0 Å². The highest BCUT2D eigenvalue weighted by Crippen LogP contribution is 2.21. The highest BCUT2D eigenvalue weighted by Gasteiger charge is 2.13. The molecule has 0 bridgehead atoms. The van der Waals surface area contributed by atoms with Gasteiger partial charge in [0.05, 0.1) is 10.7 Å². The molecule has 0 fully saturated rings. The van der Waals surface area contributed by atoms with Crippen LogP contribution in [0.4, 0.5) is 5.69 Å². The Kier molecular flexibility index (Phi) is 9.72. The summed E-state index contributed by atoms with van der Waals surface area (Å²) in [5.74, 6) is 0.303. The molecule has 2 aromatic carbocycles. The predicted octanol–water partition coefficient (Wildman–Crippen LogP) is 3.14. The zero-order chi connectivity index (χ0) is 18.1. The average molecular weight is 396 g/mol. The lowest BCUT2D eigenvalue weighted by Gasteiger charge is -2.22. The van der Waals surface area contributed by atoms with Crippen molar-refractivity contribution in [3.8, 4) is 0 Å². The maximum atomic E-state index is 12.4. The number of carbonyl (C=O) groups excluding carboxylic acids is 1. The maximum absolute atomic E-state index is 12.4. The van der Waals surface area contributed by atoms with Crippen LogP contribution in [0.2, 0.25) is 0 Å². The standard InChI is InChI=1S/C18H21N3O3S.ClH/c19-11-13-20(12-10-15-4-2-1-3-5-15)18(22)14-25-17-8-6-16(7-9-17)21(23)24;/h1-9H,10-14,19H2;1H. The lowest BCUT2D eigenvalue weighted by atomic mass is 10.1. The number of thioether (sulfide) groups is 1. The summed E-state index contributed by atoms with van der Waals surface area (Å²) in [4.78, 5) is 25.3. The fourth-order valence-corrected chi connectivity index (χ4v) is 3.13. The Hall–Kier alpha value is -2.09. The van der Waals surface area contributed by atoms with Crippen LogP contribution in [0, 0.1) is 10.1 Å². The van der Waals surface area contributed by atoms with E-state index in [2.05, 4.69) is 0 Å². The molecule has 2 N–H and O–H groups in total. The van der Waals surface area contributed by atoms with Gasteiger partial charge in [-0.1, -0.05) is 30.3 Å². The van der Waals surface area contributed by atoms with E-state index in [4.69, 9.17) is 5.73 Å². The molecule has 2 rings (SSSR count). The van der Waals surface area contributed by atoms with Crippen LogP contribution in [0.5, 0.6) is 0 Å². The number of nitro benzene ring substituents is 1. The molecule has 0 unspecified atom stereocenters. The van der Waals surface area contributed by atoms with Gasteiger partial charge in [-0.25, -0.2) is 0 Å².